The van der Waals surface area contributed by atoms with Crippen LogP contribution >= 0.6 is 12.2 Å². The zero-order chi connectivity index (χ0) is 16.6. The van der Waals surface area contributed by atoms with Gasteiger partial charge in [-0.2, -0.15) is 0 Å². The molecule has 1 aliphatic heterocycles. The average Bonchev–Trinajstić information content (AvgIpc) is 2.63. The molecule has 0 unspecified atom stereocenters. The number of rotatable bonds is 5. The van der Waals surface area contributed by atoms with Crippen molar-refractivity contribution in [2.75, 3.05) is 18.4 Å². The van der Waals surface area contributed by atoms with Crippen LogP contribution in [0.1, 0.15) is 30.4 Å². The molecule has 0 spiro atoms. The Morgan fingerprint density at radius 2 is 1.54 bits per heavy atom. The molecule has 0 aromatic heterocycles. The standard InChI is InChI=1S/C20H25N3S/c24-20(22-19-7-3-1-4-8-19)21-15-17-9-11-18(12-10-17)16-23-13-5-2-6-14-23/h1,3-4,7-12H,2,5-6,13-16H2,(H2,21,22,24). The van der Waals surface area contributed by atoms with Gasteiger partial charge in [-0.05, 0) is 61.4 Å². The molecule has 0 saturated carbocycles. The van der Waals surface area contributed by atoms with Gasteiger partial charge in [0.1, 0.15) is 0 Å². The Morgan fingerprint density at radius 1 is 0.875 bits per heavy atom. The number of nitrogens with one attached hydrogen (secondary N) is 2. The maximum Gasteiger partial charge on any atom is 0.171 e. The summed E-state index contributed by atoms with van der Waals surface area (Å²) in [5.41, 5.74) is 3.65. The molecule has 1 aliphatic rings. The van der Waals surface area contributed by atoms with Gasteiger partial charge in [-0.3, -0.25) is 4.90 Å². The molecule has 2 aromatic carbocycles. The van der Waals surface area contributed by atoms with Crippen LogP contribution in [0.3, 0.4) is 0 Å². The second-order valence-corrected chi connectivity index (χ2v) is 6.74. The maximum absolute atomic E-state index is 5.34. The monoisotopic (exact) mass is 339 g/mol. The highest BCUT2D eigenvalue weighted by molar-refractivity contribution is 7.80. The van der Waals surface area contributed by atoms with Gasteiger partial charge in [-0.1, -0.05) is 48.9 Å². The summed E-state index contributed by atoms with van der Waals surface area (Å²) < 4.78 is 0. The van der Waals surface area contributed by atoms with Crippen molar-refractivity contribution >= 4 is 23.0 Å². The van der Waals surface area contributed by atoms with E-state index in [1.165, 1.54) is 43.5 Å². The highest BCUT2D eigenvalue weighted by atomic mass is 32.1. The highest BCUT2D eigenvalue weighted by Gasteiger charge is 2.10. The van der Waals surface area contributed by atoms with Crippen molar-refractivity contribution < 1.29 is 0 Å². The number of benzene rings is 2. The summed E-state index contributed by atoms with van der Waals surface area (Å²) in [7, 11) is 0. The molecule has 3 nitrogen and oxygen atoms in total. The molecule has 1 fully saturated rings. The number of thiocarbonyl (C=S) groups is 1. The van der Waals surface area contributed by atoms with Gasteiger partial charge in [0.25, 0.3) is 0 Å². The zero-order valence-corrected chi connectivity index (χ0v) is 14.8. The van der Waals surface area contributed by atoms with Crippen molar-refractivity contribution in [3.63, 3.8) is 0 Å². The number of para-hydroxylation sites is 1. The van der Waals surface area contributed by atoms with Gasteiger partial charge >= 0.3 is 0 Å². The molecule has 2 aromatic rings. The second kappa shape index (κ2) is 8.81. The first-order chi connectivity index (χ1) is 11.8. The van der Waals surface area contributed by atoms with Gasteiger partial charge in [0, 0.05) is 18.8 Å². The summed E-state index contributed by atoms with van der Waals surface area (Å²) in [6.45, 7) is 4.29. The molecular formula is C20H25N3S. The predicted octanol–water partition coefficient (Wildman–Crippen LogP) is 4.16. The van der Waals surface area contributed by atoms with Crippen molar-refractivity contribution in [2.45, 2.75) is 32.4 Å². The molecule has 1 saturated heterocycles. The summed E-state index contributed by atoms with van der Waals surface area (Å²) in [6.07, 6.45) is 4.07. The summed E-state index contributed by atoms with van der Waals surface area (Å²) in [6, 6.07) is 18.8. The first-order valence-electron chi connectivity index (χ1n) is 8.70. The van der Waals surface area contributed by atoms with Crippen molar-refractivity contribution in [2.24, 2.45) is 0 Å². The van der Waals surface area contributed by atoms with E-state index in [9.17, 15) is 0 Å². The van der Waals surface area contributed by atoms with Gasteiger partial charge in [-0.25, -0.2) is 0 Å². The quantitative estimate of drug-likeness (QED) is 0.800. The lowest BCUT2D eigenvalue weighted by Crippen LogP contribution is -2.29. The molecule has 3 rings (SSSR count). The molecule has 24 heavy (non-hydrogen) atoms. The van der Waals surface area contributed by atoms with Gasteiger partial charge in [0.15, 0.2) is 5.11 Å². The van der Waals surface area contributed by atoms with Crippen LogP contribution in [0, 0.1) is 0 Å². The number of hydrogen-bond donors (Lipinski definition) is 2. The molecule has 0 aliphatic carbocycles. The van der Waals surface area contributed by atoms with Crippen LogP contribution in [0.4, 0.5) is 5.69 Å². The molecule has 0 radical (unpaired) electrons. The van der Waals surface area contributed by atoms with Gasteiger partial charge < -0.3 is 10.6 Å². The third-order valence-electron chi connectivity index (χ3n) is 4.36. The molecule has 4 heteroatoms. The predicted molar refractivity (Wildman–Crippen MR) is 105 cm³/mol. The van der Waals surface area contributed by atoms with E-state index < -0.39 is 0 Å². The van der Waals surface area contributed by atoms with E-state index in [1.807, 2.05) is 30.3 Å². The Bertz CT molecular complexity index is 634. The number of nitrogens with zero attached hydrogens (tertiary/aromatic N) is 1. The molecule has 0 amide bonds. The maximum atomic E-state index is 5.34. The fraction of sp³-hybridized carbons (Fsp3) is 0.350. The van der Waals surface area contributed by atoms with Crippen LogP contribution < -0.4 is 10.6 Å². The van der Waals surface area contributed by atoms with E-state index in [4.69, 9.17) is 12.2 Å². The van der Waals surface area contributed by atoms with Crippen LogP contribution in [0.15, 0.2) is 54.6 Å². The molecule has 1 heterocycles. The Morgan fingerprint density at radius 3 is 2.25 bits per heavy atom. The minimum atomic E-state index is 0.651. The topological polar surface area (TPSA) is 27.3 Å². The minimum absolute atomic E-state index is 0.651. The van der Waals surface area contributed by atoms with Gasteiger partial charge in [-0.15, -0.1) is 0 Å². The molecule has 0 bridgehead atoms. The third kappa shape index (κ3) is 5.32. The van der Waals surface area contributed by atoms with Crippen LogP contribution in [0.25, 0.3) is 0 Å². The molecular weight excluding hydrogens is 314 g/mol. The fourth-order valence-corrected chi connectivity index (χ4v) is 3.21. The first kappa shape index (κ1) is 16.9. The van der Waals surface area contributed by atoms with Crippen LogP contribution in [0.5, 0.6) is 0 Å². The first-order valence-corrected chi connectivity index (χ1v) is 9.10. The highest BCUT2D eigenvalue weighted by Crippen LogP contribution is 2.13. The van der Waals surface area contributed by atoms with E-state index in [0.717, 1.165) is 18.8 Å². The van der Waals surface area contributed by atoms with Crippen LogP contribution in [-0.2, 0) is 13.1 Å². The zero-order valence-electron chi connectivity index (χ0n) is 14.0. The number of hydrogen-bond acceptors (Lipinski definition) is 2. The average molecular weight is 340 g/mol. The lowest BCUT2D eigenvalue weighted by Gasteiger charge is -2.26. The van der Waals surface area contributed by atoms with Crippen LogP contribution in [-0.4, -0.2) is 23.1 Å². The van der Waals surface area contributed by atoms with E-state index >= 15 is 0 Å². The summed E-state index contributed by atoms with van der Waals surface area (Å²) in [4.78, 5) is 2.55. The minimum Gasteiger partial charge on any atom is -0.358 e. The summed E-state index contributed by atoms with van der Waals surface area (Å²) >= 11 is 5.34. The van der Waals surface area contributed by atoms with E-state index in [-0.39, 0.29) is 0 Å². The Labute approximate surface area is 150 Å². The van der Waals surface area contributed by atoms with Crippen molar-refractivity contribution in [1.82, 2.24) is 10.2 Å². The van der Waals surface area contributed by atoms with Crippen molar-refractivity contribution in [3.05, 3.63) is 65.7 Å². The Hall–Kier alpha value is -1.91. The Kier molecular flexibility index (Phi) is 6.21. The van der Waals surface area contributed by atoms with E-state index in [2.05, 4.69) is 39.8 Å². The fourth-order valence-electron chi connectivity index (χ4n) is 3.02. The van der Waals surface area contributed by atoms with Crippen molar-refractivity contribution in [1.29, 1.82) is 0 Å². The second-order valence-electron chi connectivity index (χ2n) is 6.33. The van der Waals surface area contributed by atoms with E-state index in [1.54, 1.807) is 0 Å². The number of anilines is 1. The van der Waals surface area contributed by atoms with E-state index in [0.29, 0.717) is 5.11 Å². The SMILES string of the molecule is S=C(NCc1ccc(CN2CCCCC2)cc1)Nc1ccccc1. The third-order valence-corrected chi connectivity index (χ3v) is 4.61. The largest absolute Gasteiger partial charge is 0.358 e. The normalized spacial score (nSPS) is 15.0. The van der Waals surface area contributed by atoms with Crippen molar-refractivity contribution in [3.8, 4) is 0 Å². The van der Waals surface area contributed by atoms with Crippen LogP contribution in [0.2, 0.25) is 0 Å². The summed E-state index contributed by atoms with van der Waals surface area (Å²) in [5.74, 6) is 0. The van der Waals surface area contributed by atoms with Gasteiger partial charge in [0.05, 0.1) is 0 Å². The summed E-state index contributed by atoms with van der Waals surface area (Å²) in [5, 5.41) is 7.10. The lowest BCUT2D eigenvalue weighted by molar-refractivity contribution is 0.221. The number of piperidine rings is 1. The smallest absolute Gasteiger partial charge is 0.171 e. The number of likely N-dealkylation sites (tertiary alicyclic amines) is 1. The Balaban J connectivity index is 1.44. The molecule has 2 N–H and O–H groups in total. The molecule has 126 valence electrons. The lowest BCUT2D eigenvalue weighted by atomic mass is 10.1. The van der Waals surface area contributed by atoms with Gasteiger partial charge in [0.2, 0.25) is 0 Å². The molecule has 0 atom stereocenters.